The van der Waals surface area contributed by atoms with Gasteiger partial charge in [0, 0.05) is 46.9 Å². The summed E-state index contributed by atoms with van der Waals surface area (Å²) in [5, 5.41) is 4.28. The van der Waals surface area contributed by atoms with Crippen LogP contribution >= 0.6 is 11.6 Å². The summed E-state index contributed by atoms with van der Waals surface area (Å²) < 4.78 is 0. The molecule has 6 heteroatoms. The number of carbonyl (C=O) groups is 1. The molecule has 0 fully saturated rings. The molecule has 2 heterocycles. The number of hydrogen-bond acceptors (Lipinski definition) is 3. The third kappa shape index (κ3) is 3.80. The zero-order chi connectivity index (χ0) is 20.7. The average molecular weight is 410 g/mol. The van der Waals surface area contributed by atoms with Crippen LogP contribution < -0.4 is 10.7 Å². The van der Waals surface area contributed by atoms with Crippen LogP contribution in [0.25, 0.3) is 10.9 Å². The molecule has 1 amide bonds. The molecular weight excluding hydrogens is 386 g/mol. The lowest BCUT2D eigenvalue weighted by atomic mass is 10.0. The van der Waals surface area contributed by atoms with Crippen molar-refractivity contribution in [1.29, 1.82) is 0 Å². The van der Waals surface area contributed by atoms with Crippen LogP contribution in [0.5, 0.6) is 0 Å². The van der Waals surface area contributed by atoms with E-state index in [4.69, 9.17) is 11.6 Å². The normalized spacial score (nSPS) is 14.1. The van der Waals surface area contributed by atoms with Crippen LogP contribution in [0.1, 0.15) is 27.9 Å². The summed E-state index contributed by atoms with van der Waals surface area (Å²) in [6.45, 7) is 7.36. The summed E-state index contributed by atoms with van der Waals surface area (Å²) in [7, 11) is 0. The molecule has 3 aromatic rings. The van der Waals surface area contributed by atoms with Crippen LogP contribution in [0.2, 0.25) is 5.02 Å². The van der Waals surface area contributed by atoms with E-state index >= 15 is 0 Å². The van der Waals surface area contributed by atoms with Gasteiger partial charge in [-0.25, -0.2) is 0 Å². The summed E-state index contributed by atoms with van der Waals surface area (Å²) >= 11 is 6.22. The van der Waals surface area contributed by atoms with Gasteiger partial charge in [-0.1, -0.05) is 29.3 Å². The molecule has 0 saturated heterocycles. The molecule has 2 aromatic carbocycles. The number of aromatic nitrogens is 1. The highest BCUT2D eigenvalue weighted by Crippen LogP contribution is 2.25. The zero-order valence-electron chi connectivity index (χ0n) is 16.9. The molecule has 0 aliphatic carbocycles. The van der Waals surface area contributed by atoms with Gasteiger partial charge in [0.25, 0.3) is 0 Å². The Labute approximate surface area is 174 Å². The number of nitrogens with zero attached hydrogens (tertiary/aromatic N) is 1. The first kappa shape index (κ1) is 19.7. The van der Waals surface area contributed by atoms with E-state index in [1.807, 2.05) is 43.9 Å². The molecule has 0 atom stereocenters. The van der Waals surface area contributed by atoms with Crippen molar-refractivity contribution in [3.05, 3.63) is 73.5 Å². The minimum Gasteiger partial charge on any atom is -0.358 e. The molecule has 2 N–H and O–H groups in total. The molecule has 29 heavy (non-hydrogen) atoms. The topological polar surface area (TPSA) is 65.2 Å². The van der Waals surface area contributed by atoms with Crippen LogP contribution in [0.3, 0.4) is 0 Å². The summed E-state index contributed by atoms with van der Waals surface area (Å²) in [5.74, 6) is -0.0692. The van der Waals surface area contributed by atoms with Gasteiger partial charge in [0.1, 0.15) is 0 Å². The number of carbonyl (C=O) groups excluding carboxylic acids is 1. The predicted molar refractivity (Wildman–Crippen MR) is 118 cm³/mol. The molecule has 0 radical (unpaired) electrons. The maximum absolute atomic E-state index is 13.0. The van der Waals surface area contributed by atoms with E-state index in [0.29, 0.717) is 29.9 Å². The maximum atomic E-state index is 13.0. The zero-order valence-corrected chi connectivity index (χ0v) is 17.6. The van der Waals surface area contributed by atoms with E-state index in [2.05, 4.69) is 10.3 Å². The summed E-state index contributed by atoms with van der Waals surface area (Å²) in [4.78, 5) is 31.0. The quantitative estimate of drug-likeness (QED) is 0.684. The van der Waals surface area contributed by atoms with E-state index in [-0.39, 0.29) is 17.9 Å². The lowest BCUT2D eigenvalue weighted by Crippen LogP contribution is -2.39. The Morgan fingerprint density at radius 2 is 2.00 bits per heavy atom. The van der Waals surface area contributed by atoms with Gasteiger partial charge in [0.15, 0.2) is 5.43 Å². The molecule has 0 bridgehead atoms. The Bertz CT molecular complexity index is 1180. The predicted octanol–water partition coefficient (Wildman–Crippen LogP) is 4.10. The molecule has 0 saturated carbocycles. The van der Waals surface area contributed by atoms with Crippen molar-refractivity contribution in [3.8, 4) is 0 Å². The number of pyridine rings is 1. The molecule has 0 unspecified atom stereocenters. The van der Waals surface area contributed by atoms with E-state index in [1.54, 1.807) is 12.1 Å². The van der Waals surface area contributed by atoms with Gasteiger partial charge >= 0.3 is 0 Å². The second-order valence-corrected chi connectivity index (χ2v) is 8.24. The van der Waals surface area contributed by atoms with Crippen LogP contribution in [-0.2, 0) is 17.8 Å². The van der Waals surface area contributed by atoms with Crippen molar-refractivity contribution in [3.63, 3.8) is 0 Å². The van der Waals surface area contributed by atoms with E-state index in [1.165, 1.54) is 0 Å². The number of fused-ring (bicyclic) bond motifs is 2. The molecule has 1 aromatic heterocycles. The van der Waals surface area contributed by atoms with Crippen molar-refractivity contribution >= 4 is 34.1 Å². The van der Waals surface area contributed by atoms with Crippen molar-refractivity contribution in [2.45, 2.75) is 33.7 Å². The van der Waals surface area contributed by atoms with Gasteiger partial charge in [-0.15, -0.1) is 0 Å². The summed E-state index contributed by atoms with van der Waals surface area (Å²) in [5.41, 5.74) is 6.43. The van der Waals surface area contributed by atoms with Crippen molar-refractivity contribution in [2.75, 3.05) is 18.4 Å². The highest BCUT2D eigenvalue weighted by atomic mass is 35.5. The van der Waals surface area contributed by atoms with E-state index in [0.717, 1.165) is 39.2 Å². The largest absolute Gasteiger partial charge is 0.358 e. The SMILES string of the molecule is Cc1ccc(NC(=O)CN2CCc3[nH]c4c(C)c(Cl)ccc4c(=O)c3C2)c(C)c1. The molecular formula is C23H24ClN3O2. The van der Waals surface area contributed by atoms with Crippen LogP contribution in [0.15, 0.2) is 35.1 Å². The summed E-state index contributed by atoms with van der Waals surface area (Å²) in [6.07, 6.45) is 0.698. The molecule has 150 valence electrons. The Balaban J connectivity index is 1.54. The van der Waals surface area contributed by atoms with Crippen molar-refractivity contribution in [2.24, 2.45) is 0 Å². The minimum atomic E-state index is -0.0692. The molecule has 1 aliphatic heterocycles. The first-order valence-corrected chi connectivity index (χ1v) is 10.1. The van der Waals surface area contributed by atoms with E-state index < -0.39 is 0 Å². The lowest BCUT2D eigenvalue weighted by molar-refractivity contribution is -0.117. The molecule has 0 spiro atoms. The number of anilines is 1. The van der Waals surface area contributed by atoms with Gasteiger partial charge < -0.3 is 10.3 Å². The van der Waals surface area contributed by atoms with Crippen molar-refractivity contribution < 1.29 is 4.79 Å². The van der Waals surface area contributed by atoms with Crippen LogP contribution in [0, 0.1) is 20.8 Å². The number of halogens is 1. The first-order valence-electron chi connectivity index (χ1n) is 9.76. The summed E-state index contributed by atoms with van der Waals surface area (Å²) in [6, 6.07) is 9.50. The standard InChI is InChI=1S/C23H24ClN3O2/c1-13-4-7-19(14(2)10-13)25-21(28)12-27-9-8-20-17(11-27)23(29)16-5-6-18(24)15(3)22(16)26-20/h4-7,10H,8-9,11-12H2,1-3H3,(H,25,28)(H,26,29). The van der Waals surface area contributed by atoms with Gasteiger partial charge in [0.05, 0.1) is 12.1 Å². The highest BCUT2D eigenvalue weighted by molar-refractivity contribution is 6.32. The Morgan fingerprint density at radius 1 is 1.21 bits per heavy atom. The third-order valence-corrected chi connectivity index (χ3v) is 6.05. The molecule has 4 rings (SSSR count). The molecule has 5 nitrogen and oxygen atoms in total. The smallest absolute Gasteiger partial charge is 0.238 e. The Kier molecular flexibility index (Phi) is 5.19. The third-order valence-electron chi connectivity index (χ3n) is 5.64. The second-order valence-electron chi connectivity index (χ2n) is 7.83. The highest BCUT2D eigenvalue weighted by Gasteiger charge is 2.23. The number of H-pyrrole nitrogens is 1. The van der Waals surface area contributed by atoms with Crippen LogP contribution in [-0.4, -0.2) is 28.9 Å². The van der Waals surface area contributed by atoms with Crippen LogP contribution in [0.4, 0.5) is 5.69 Å². The van der Waals surface area contributed by atoms with Gasteiger partial charge in [-0.3, -0.25) is 14.5 Å². The minimum absolute atomic E-state index is 0.0213. The Morgan fingerprint density at radius 3 is 2.76 bits per heavy atom. The fraction of sp³-hybridized carbons (Fsp3) is 0.304. The number of hydrogen-bond donors (Lipinski definition) is 2. The number of aromatic amines is 1. The second kappa shape index (κ2) is 7.65. The Hall–Kier alpha value is -2.63. The lowest BCUT2D eigenvalue weighted by Gasteiger charge is -2.28. The van der Waals surface area contributed by atoms with Crippen molar-refractivity contribution in [1.82, 2.24) is 9.88 Å². The number of benzene rings is 2. The average Bonchev–Trinajstić information content (AvgIpc) is 2.68. The van der Waals surface area contributed by atoms with E-state index in [9.17, 15) is 9.59 Å². The number of aryl methyl sites for hydroxylation is 3. The fourth-order valence-corrected chi connectivity index (χ4v) is 4.15. The number of rotatable bonds is 3. The monoisotopic (exact) mass is 409 g/mol. The van der Waals surface area contributed by atoms with Gasteiger partial charge in [0.2, 0.25) is 5.91 Å². The number of nitrogens with one attached hydrogen (secondary N) is 2. The number of amides is 1. The van der Waals surface area contributed by atoms with Gasteiger partial charge in [-0.05, 0) is 50.1 Å². The molecule has 1 aliphatic rings. The fourth-order valence-electron chi connectivity index (χ4n) is 4.00. The van der Waals surface area contributed by atoms with Gasteiger partial charge in [-0.2, -0.15) is 0 Å². The maximum Gasteiger partial charge on any atom is 0.238 e. The first-order chi connectivity index (χ1) is 13.8.